The predicted octanol–water partition coefficient (Wildman–Crippen LogP) is 2.90. The zero-order chi connectivity index (χ0) is 17.3. The van der Waals surface area contributed by atoms with Crippen molar-refractivity contribution in [3.8, 4) is 23.0 Å². The second-order valence-electron chi connectivity index (χ2n) is 5.27. The van der Waals surface area contributed by atoms with Gasteiger partial charge < -0.3 is 25.1 Å². The number of rotatable bonds is 3. The van der Waals surface area contributed by atoms with E-state index in [0.717, 1.165) is 11.1 Å². The first-order chi connectivity index (χ1) is 11.5. The Kier molecular flexibility index (Phi) is 4.40. The van der Waals surface area contributed by atoms with Crippen LogP contribution in [0.1, 0.15) is 17.2 Å². The maximum atomic E-state index is 9.93. The highest BCUT2D eigenvalue weighted by molar-refractivity contribution is 6.32. The van der Waals surface area contributed by atoms with Crippen molar-refractivity contribution in [2.45, 2.75) is 6.04 Å². The number of nitrogens with two attached hydrogens (primary N) is 1. The van der Waals surface area contributed by atoms with Gasteiger partial charge in [0.15, 0.2) is 11.5 Å². The lowest BCUT2D eigenvalue weighted by molar-refractivity contribution is 0.366. The second-order valence-corrected chi connectivity index (χ2v) is 5.68. The Labute approximate surface area is 144 Å². The maximum absolute atomic E-state index is 9.93. The summed E-state index contributed by atoms with van der Waals surface area (Å²) in [6, 6.07) is 8.37. The van der Waals surface area contributed by atoms with Crippen LogP contribution in [0.2, 0.25) is 5.02 Å². The Morgan fingerprint density at radius 1 is 1.25 bits per heavy atom. The SMILES string of the molecule is COc1ccc2c(c1)OCC(N)=NC2c1cc(Cl)c(O)c(OC)c1. The van der Waals surface area contributed by atoms with Crippen molar-refractivity contribution in [3.05, 3.63) is 46.5 Å². The molecule has 0 saturated carbocycles. The number of phenolic OH excluding ortho intramolecular Hbond substituents is 1. The maximum Gasteiger partial charge on any atom is 0.176 e. The minimum Gasteiger partial charge on any atom is -0.503 e. The number of amidine groups is 1. The molecule has 0 amide bonds. The van der Waals surface area contributed by atoms with Gasteiger partial charge in [-0.15, -0.1) is 0 Å². The van der Waals surface area contributed by atoms with Gasteiger partial charge in [0.05, 0.1) is 19.2 Å². The summed E-state index contributed by atoms with van der Waals surface area (Å²) in [5.41, 5.74) is 7.48. The fourth-order valence-electron chi connectivity index (χ4n) is 2.58. The van der Waals surface area contributed by atoms with Crippen molar-refractivity contribution in [1.82, 2.24) is 0 Å². The molecule has 7 heteroatoms. The van der Waals surface area contributed by atoms with Gasteiger partial charge in [-0.1, -0.05) is 11.6 Å². The first-order valence-electron chi connectivity index (χ1n) is 7.22. The zero-order valence-electron chi connectivity index (χ0n) is 13.2. The molecule has 3 rings (SSSR count). The predicted molar refractivity (Wildman–Crippen MR) is 91.6 cm³/mol. The summed E-state index contributed by atoms with van der Waals surface area (Å²) in [7, 11) is 3.05. The average Bonchev–Trinajstić information content (AvgIpc) is 2.76. The molecule has 2 aromatic carbocycles. The number of phenols is 1. The summed E-state index contributed by atoms with van der Waals surface area (Å²) >= 11 is 6.11. The Morgan fingerprint density at radius 3 is 2.75 bits per heavy atom. The van der Waals surface area contributed by atoms with Crippen LogP contribution in [0.25, 0.3) is 0 Å². The van der Waals surface area contributed by atoms with E-state index in [4.69, 9.17) is 31.5 Å². The monoisotopic (exact) mass is 348 g/mol. The number of methoxy groups -OCH3 is 2. The molecule has 1 aliphatic rings. The van der Waals surface area contributed by atoms with Gasteiger partial charge >= 0.3 is 0 Å². The quantitative estimate of drug-likeness (QED) is 0.890. The van der Waals surface area contributed by atoms with Gasteiger partial charge in [0.2, 0.25) is 0 Å². The zero-order valence-corrected chi connectivity index (χ0v) is 14.0. The largest absolute Gasteiger partial charge is 0.503 e. The number of halogens is 1. The highest BCUT2D eigenvalue weighted by Crippen LogP contribution is 2.42. The molecule has 3 N–H and O–H groups in total. The molecule has 1 unspecified atom stereocenters. The summed E-state index contributed by atoms with van der Waals surface area (Å²) in [5, 5.41) is 10.1. The van der Waals surface area contributed by atoms with Gasteiger partial charge in [-0.25, -0.2) is 0 Å². The highest BCUT2D eigenvalue weighted by Gasteiger charge is 2.24. The molecule has 0 spiro atoms. The second kappa shape index (κ2) is 6.49. The fraction of sp³-hybridized carbons (Fsp3) is 0.235. The summed E-state index contributed by atoms with van der Waals surface area (Å²) in [6.45, 7) is 0.180. The molecule has 0 aliphatic carbocycles. The molecule has 1 aliphatic heterocycles. The third-order valence-electron chi connectivity index (χ3n) is 3.77. The van der Waals surface area contributed by atoms with Crippen molar-refractivity contribution in [2.24, 2.45) is 10.7 Å². The molecule has 6 nitrogen and oxygen atoms in total. The van der Waals surface area contributed by atoms with E-state index >= 15 is 0 Å². The molecule has 2 aromatic rings. The minimum atomic E-state index is -0.430. The van der Waals surface area contributed by atoms with Crippen LogP contribution in [0, 0.1) is 0 Å². The molecule has 0 bridgehead atoms. The molecule has 0 aromatic heterocycles. The Bertz CT molecular complexity index is 807. The number of hydrogen-bond donors (Lipinski definition) is 2. The van der Waals surface area contributed by atoms with E-state index in [0.29, 0.717) is 17.3 Å². The number of aliphatic imine (C=N–C) groups is 1. The van der Waals surface area contributed by atoms with Crippen molar-refractivity contribution in [3.63, 3.8) is 0 Å². The van der Waals surface area contributed by atoms with Crippen molar-refractivity contribution >= 4 is 17.4 Å². The van der Waals surface area contributed by atoms with Gasteiger partial charge in [0.1, 0.15) is 30.0 Å². The summed E-state index contributed by atoms with van der Waals surface area (Å²) in [5.74, 6) is 1.82. The molecule has 126 valence electrons. The standard InChI is InChI=1S/C17H17ClN2O4/c1-22-10-3-4-11-13(7-10)24-8-15(19)20-16(11)9-5-12(18)17(21)14(6-9)23-2/h3-7,16,21H,8H2,1-2H3,(H2,19,20). The van der Waals surface area contributed by atoms with Gasteiger partial charge in [-0.2, -0.15) is 0 Å². The topological polar surface area (TPSA) is 86.3 Å². The van der Waals surface area contributed by atoms with Crippen molar-refractivity contribution in [1.29, 1.82) is 0 Å². The summed E-state index contributed by atoms with van der Waals surface area (Å²) in [4.78, 5) is 4.52. The number of aromatic hydroxyl groups is 1. The van der Waals surface area contributed by atoms with Gasteiger partial charge in [-0.05, 0) is 29.8 Å². The van der Waals surface area contributed by atoms with E-state index in [2.05, 4.69) is 4.99 Å². The number of fused-ring (bicyclic) bond motifs is 1. The number of hydrogen-bond acceptors (Lipinski definition) is 6. The highest BCUT2D eigenvalue weighted by atomic mass is 35.5. The van der Waals surface area contributed by atoms with E-state index in [1.54, 1.807) is 25.3 Å². The summed E-state index contributed by atoms with van der Waals surface area (Å²) in [6.07, 6.45) is 0. The van der Waals surface area contributed by atoms with Gasteiger partial charge in [0, 0.05) is 11.6 Å². The molecule has 0 radical (unpaired) electrons. The Hall–Kier alpha value is -2.60. The van der Waals surface area contributed by atoms with Crippen LogP contribution in [0.5, 0.6) is 23.0 Å². The Balaban J connectivity index is 2.16. The van der Waals surface area contributed by atoms with E-state index in [1.807, 2.05) is 12.1 Å². The average molecular weight is 349 g/mol. The van der Waals surface area contributed by atoms with Crippen LogP contribution < -0.4 is 19.9 Å². The molecular formula is C17H17ClN2O4. The first-order valence-corrected chi connectivity index (χ1v) is 7.60. The molecular weight excluding hydrogens is 332 g/mol. The van der Waals surface area contributed by atoms with E-state index in [-0.39, 0.29) is 23.1 Å². The number of nitrogens with zero attached hydrogens (tertiary/aromatic N) is 1. The lowest BCUT2D eigenvalue weighted by Crippen LogP contribution is -2.20. The van der Waals surface area contributed by atoms with Crippen molar-refractivity contribution in [2.75, 3.05) is 20.8 Å². The van der Waals surface area contributed by atoms with Crippen LogP contribution in [0.3, 0.4) is 0 Å². The molecule has 1 atom stereocenters. The van der Waals surface area contributed by atoms with E-state index in [9.17, 15) is 5.11 Å². The normalized spacial score (nSPS) is 16.5. The van der Waals surface area contributed by atoms with E-state index < -0.39 is 6.04 Å². The lowest BCUT2D eigenvalue weighted by atomic mass is 9.97. The molecule has 24 heavy (non-hydrogen) atoms. The molecule has 0 fully saturated rings. The van der Waals surface area contributed by atoms with Gasteiger partial charge in [-0.3, -0.25) is 4.99 Å². The Morgan fingerprint density at radius 2 is 2.04 bits per heavy atom. The third-order valence-corrected chi connectivity index (χ3v) is 4.06. The van der Waals surface area contributed by atoms with Crippen LogP contribution >= 0.6 is 11.6 Å². The first kappa shape index (κ1) is 16.3. The number of benzene rings is 2. The number of ether oxygens (including phenoxy) is 3. The molecule has 0 saturated heterocycles. The summed E-state index contributed by atoms with van der Waals surface area (Å²) < 4.78 is 16.1. The van der Waals surface area contributed by atoms with Crippen LogP contribution in [0.4, 0.5) is 0 Å². The van der Waals surface area contributed by atoms with E-state index in [1.165, 1.54) is 7.11 Å². The third kappa shape index (κ3) is 2.92. The minimum absolute atomic E-state index is 0.111. The van der Waals surface area contributed by atoms with Gasteiger partial charge in [0.25, 0.3) is 0 Å². The fourth-order valence-corrected chi connectivity index (χ4v) is 2.80. The molecule has 1 heterocycles. The van der Waals surface area contributed by atoms with Crippen LogP contribution in [-0.2, 0) is 0 Å². The smallest absolute Gasteiger partial charge is 0.176 e. The van der Waals surface area contributed by atoms with Crippen LogP contribution in [0.15, 0.2) is 35.3 Å². The van der Waals surface area contributed by atoms with Crippen molar-refractivity contribution < 1.29 is 19.3 Å². The lowest BCUT2D eigenvalue weighted by Gasteiger charge is -2.17. The van der Waals surface area contributed by atoms with Crippen LogP contribution in [-0.4, -0.2) is 31.8 Å².